The summed E-state index contributed by atoms with van der Waals surface area (Å²) in [7, 11) is 0. The molecule has 0 unspecified atom stereocenters. The van der Waals surface area contributed by atoms with Gasteiger partial charge in [0.2, 0.25) is 11.6 Å². The summed E-state index contributed by atoms with van der Waals surface area (Å²) in [4.78, 5) is 22.7. The van der Waals surface area contributed by atoms with Gasteiger partial charge >= 0.3 is 5.69 Å². The van der Waals surface area contributed by atoms with Gasteiger partial charge in [-0.15, -0.1) is 0 Å². The van der Waals surface area contributed by atoms with Gasteiger partial charge in [-0.05, 0) is 36.4 Å². The third kappa shape index (κ3) is 3.40. The van der Waals surface area contributed by atoms with Crippen LogP contribution in [0.3, 0.4) is 0 Å². The minimum absolute atomic E-state index is 0.00156. The van der Waals surface area contributed by atoms with Crippen LogP contribution in [0.4, 0.5) is 33.2 Å². The van der Waals surface area contributed by atoms with E-state index in [9.17, 15) is 14.5 Å². The number of aromatic nitrogens is 3. The van der Waals surface area contributed by atoms with Gasteiger partial charge in [0.05, 0.1) is 4.92 Å². The van der Waals surface area contributed by atoms with Crippen LogP contribution in [0.5, 0.6) is 0 Å². The van der Waals surface area contributed by atoms with Crippen molar-refractivity contribution in [2.24, 2.45) is 0 Å². The second kappa shape index (κ2) is 6.65. The number of hydrogen-bond acceptors (Lipinski definition) is 7. The lowest BCUT2D eigenvalue weighted by Crippen LogP contribution is -2.06. The molecular weight excluding hydrogens is 315 g/mol. The van der Waals surface area contributed by atoms with Gasteiger partial charge in [0.1, 0.15) is 18.0 Å². The summed E-state index contributed by atoms with van der Waals surface area (Å²) in [5.41, 5.74) is 0.120. The quantitative estimate of drug-likeness (QED) is 0.546. The van der Waals surface area contributed by atoms with Crippen LogP contribution in [0.2, 0.25) is 0 Å². The predicted molar refractivity (Wildman–Crippen MR) is 85.9 cm³/mol. The lowest BCUT2D eigenvalue weighted by atomic mass is 10.3. The molecule has 2 aromatic heterocycles. The monoisotopic (exact) mass is 326 g/mol. The molecule has 0 aliphatic heterocycles. The minimum atomic E-state index is -0.600. The first-order chi connectivity index (χ1) is 11.6. The molecule has 1 aromatic carbocycles. The van der Waals surface area contributed by atoms with E-state index in [4.69, 9.17) is 0 Å². The molecule has 8 nitrogen and oxygen atoms in total. The van der Waals surface area contributed by atoms with Crippen molar-refractivity contribution in [2.75, 3.05) is 10.6 Å². The first-order valence-electron chi connectivity index (χ1n) is 6.83. The maximum Gasteiger partial charge on any atom is 0.353 e. The van der Waals surface area contributed by atoms with E-state index in [0.29, 0.717) is 11.5 Å². The fourth-order valence-electron chi connectivity index (χ4n) is 1.96. The Morgan fingerprint density at radius 3 is 2.29 bits per heavy atom. The van der Waals surface area contributed by atoms with Gasteiger partial charge in [-0.1, -0.05) is 6.07 Å². The Kier molecular flexibility index (Phi) is 4.23. The van der Waals surface area contributed by atoms with Crippen LogP contribution in [-0.2, 0) is 0 Å². The lowest BCUT2D eigenvalue weighted by molar-refractivity contribution is -0.383. The zero-order chi connectivity index (χ0) is 16.9. The Morgan fingerprint density at radius 2 is 1.67 bits per heavy atom. The Morgan fingerprint density at radius 1 is 0.958 bits per heavy atom. The zero-order valence-corrected chi connectivity index (χ0v) is 12.2. The Hall–Kier alpha value is -3.62. The standard InChI is InChI=1S/C15H11FN6O2/c16-10-4-6-11(7-5-10)20-14-13(22(23)24)15(19-9-18-14)21-12-3-1-2-8-17-12/h1-9H,(H2,17,18,19,20,21). The fraction of sp³-hybridized carbons (Fsp3) is 0. The summed E-state index contributed by atoms with van der Waals surface area (Å²) in [6, 6.07) is 10.5. The average molecular weight is 326 g/mol. The smallest absolute Gasteiger partial charge is 0.334 e. The summed E-state index contributed by atoms with van der Waals surface area (Å²) in [6.45, 7) is 0. The van der Waals surface area contributed by atoms with E-state index in [-0.39, 0.29) is 17.3 Å². The maximum atomic E-state index is 13.0. The van der Waals surface area contributed by atoms with Crippen molar-refractivity contribution < 1.29 is 9.31 Å². The molecule has 0 aliphatic carbocycles. The highest BCUT2D eigenvalue weighted by atomic mass is 19.1. The van der Waals surface area contributed by atoms with Gasteiger partial charge < -0.3 is 10.6 Å². The molecule has 0 bridgehead atoms. The molecule has 24 heavy (non-hydrogen) atoms. The molecule has 0 saturated heterocycles. The van der Waals surface area contributed by atoms with Gasteiger partial charge in [0.25, 0.3) is 0 Å². The number of halogens is 1. The number of hydrogen-bond donors (Lipinski definition) is 2. The molecule has 0 saturated carbocycles. The molecule has 2 N–H and O–H groups in total. The van der Waals surface area contributed by atoms with Crippen LogP contribution in [0.25, 0.3) is 0 Å². The fourth-order valence-corrected chi connectivity index (χ4v) is 1.96. The molecule has 0 spiro atoms. The maximum absolute atomic E-state index is 13.0. The molecular formula is C15H11FN6O2. The van der Waals surface area contributed by atoms with Gasteiger partial charge in [0.15, 0.2) is 0 Å². The third-order valence-corrected chi connectivity index (χ3v) is 3.02. The van der Waals surface area contributed by atoms with Gasteiger partial charge in [0, 0.05) is 11.9 Å². The van der Waals surface area contributed by atoms with E-state index in [1.807, 2.05) is 0 Å². The van der Waals surface area contributed by atoms with Crippen molar-refractivity contribution >= 4 is 28.8 Å². The second-order valence-corrected chi connectivity index (χ2v) is 4.65. The first kappa shape index (κ1) is 15.3. The topological polar surface area (TPSA) is 106 Å². The van der Waals surface area contributed by atoms with Gasteiger partial charge in [-0.25, -0.2) is 19.3 Å². The highest BCUT2D eigenvalue weighted by Gasteiger charge is 2.23. The molecule has 0 amide bonds. The summed E-state index contributed by atoms with van der Waals surface area (Å²) < 4.78 is 13.0. The zero-order valence-electron chi connectivity index (χ0n) is 12.2. The van der Waals surface area contributed by atoms with Crippen LogP contribution in [0.15, 0.2) is 55.0 Å². The second-order valence-electron chi connectivity index (χ2n) is 4.65. The van der Waals surface area contributed by atoms with Crippen molar-refractivity contribution in [2.45, 2.75) is 0 Å². The number of benzene rings is 1. The highest BCUT2D eigenvalue weighted by molar-refractivity contribution is 5.75. The number of rotatable bonds is 5. The lowest BCUT2D eigenvalue weighted by Gasteiger charge is -2.09. The molecule has 3 rings (SSSR count). The summed E-state index contributed by atoms with van der Waals surface area (Å²) >= 11 is 0. The van der Waals surface area contributed by atoms with Crippen molar-refractivity contribution in [1.82, 2.24) is 15.0 Å². The van der Waals surface area contributed by atoms with Crippen LogP contribution < -0.4 is 10.6 Å². The molecule has 9 heteroatoms. The van der Waals surface area contributed by atoms with Gasteiger partial charge in [-0.3, -0.25) is 10.1 Å². The van der Waals surface area contributed by atoms with Crippen molar-refractivity contribution in [3.05, 3.63) is 70.9 Å². The van der Waals surface area contributed by atoms with E-state index in [0.717, 1.165) is 0 Å². The van der Waals surface area contributed by atoms with E-state index >= 15 is 0 Å². The van der Waals surface area contributed by atoms with Crippen LogP contribution >= 0.6 is 0 Å². The molecule has 3 aromatic rings. The predicted octanol–water partition coefficient (Wildman–Crippen LogP) is 3.41. The normalized spacial score (nSPS) is 10.2. The minimum Gasteiger partial charge on any atom is -0.334 e. The molecule has 0 fully saturated rings. The SMILES string of the molecule is O=[N+]([O-])c1c(Nc2ccc(F)cc2)ncnc1Nc1ccccn1. The molecule has 120 valence electrons. The summed E-state index contributed by atoms with van der Waals surface area (Å²) in [6.07, 6.45) is 2.73. The van der Waals surface area contributed by atoms with Crippen LogP contribution in [0.1, 0.15) is 0 Å². The first-order valence-corrected chi connectivity index (χ1v) is 6.83. The summed E-state index contributed by atoms with van der Waals surface area (Å²) in [5, 5.41) is 17.0. The van der Waals surface area contributed by atoms with Gasteiger partial charge in [-0.2, -0.15) is 0 Å². The number of nitro groups is 1. The average Bonchev–Trinajstić information content (AvgIpc) is 2.58. The van der Waals surface area contributed by atoms with E-state index < -0.39 is 10.7 Å². The van der Waals surface area contributed by atoms with E-state index in [1.165, 1.54) is 30.6 Å². The molecule has 0 aliphatic rings. The largest absolute Gasteiger partial charge is 0.353 e. The molecule has 0 radical (unpaired) electrons. The Labute approximate surface area is 135 Å². The van der Waals surface area contributed by atoms with E-state index in [2.05, 4.69) is 25.6 Å². The van der Waals surface area contributed by atoms with Crippen molar-refractivity contribution in [3.63, 3.8) is 0 Å². The van der Waals surface area contributed by atoms with E-state index in [1.54, 1.807) is 24.4 Å². The number of anilines is 4. The Balaban J connectivity index is 1.96. The van der Waals surface area contributed by atoms with Crippen LogP contribution in [-0.4, -0.2) is 19.9 Å². The number of nitrogens with one attached hydrogen (secondary N) is 2. The third-order valence-electron chi connectivity index (χ3n) is 3.02. The Bertz CT molecular complexity index is 858. The summed E-state index contributed by atoms with van der Waals surface area (Å²) in [5.74, 6) is -0.0133. The number of nitrogens with zero attached hydrogens (tertiary/aromatic N) is 4. The molecule has 0 atom stereocenters. The van der Waals surface area contributed by atoms with Crippen molar-refractivity contribution in [3.8, 4) is 0 Å². The highest BCUT2D eigenvalue weighted by Crippen LogP contribution is 2.32. The molecule has 2 heterocycles. The number of pyridine rings is 1. The van der Waals surface area contributed by atoms with Crippen molar-refractivity contribution in [1.29, 1.82) is 0 Å². The van der Waals surface area contributed by atoms with Crippen LogP contribution in [0, 0.1) is 15.9 Å².